The molecule has 0 amide bonds. The molecule has 0 fully saturated rings. The number of carbonyl (C=O) groups is 1. The van der Waals surface area contributed by atoms with Gasteiger partial charge in [0.25, 0.3) is 0 Å². The Morgan fingerprint density at radius 3 is 2.00 bits per heavy atom. The Kier molecular flexibility index (Phi) is 5.46. The Morgan fingerprint density at radius 1 is 0.815 bits per heavy atom. The highest BCUT2D eigenvalue weighted by molar-refractivity contribution is 6.09. The van der Waals surface area contributed by atoms with Crippen molar-refractivity contribution in [2.24, 2.45) is 0 Å². The summed E-state index contributed by atoms with van der Waals surface area (Å²) in [7, 11) is 4.77. The van der Waals surface area contributed by atoms with Gasteiger partial charge in [0.15, 0.2) is 17.3 Å². The quantitative estimate of drug-likeness (QED) is 0.444. The number of ketones is 1. The Hall–Kier alpha value is -3.27. The molecule has 0 aliphatic rings. The summed E-state index contributed by atoms with van der Waals surface area (Å²) in [5.41, 5.74) is 2.68. The number of benzene rings is 3. The van der Waals surface area contributed by atoms with Gasteiger partial charge in [0.05, 0.1) is 21.3 Å². The zero-order chi connectivity index (χ0) is 19.4. The van der Waals surface area contributed by atoms with Crippen molar-refractivity contribution >= 4 is 28.7 Å². The van der Waals surface area contributed by atoms with Crippen LogP contribution in [-0.2, 0) is 0 Å². The highest BCUT2D eigenvalue weighted by Gasteiger charge is 2.12. The molecule has 0 unspecified atom stereocenters. The van der Waals surface area contributed by atoms with Gasteiger partial charge in [-0.1, -0.05) is 48.6 Å². The van der Waals surface area contributed by atoms with Crippen molar-refractivity contribution < 1.29 is 19.0 Å². The number of hydrogen-bond donors (Lipinski definition) is 0. The van der Waals surface area contributed by atoms with Crippen LogP contribution < -0.4 is 14.2 Å². The standard InChI is InChI=1S/C23H22O4/c1-15(24)18-12-11-17(19-7-5-6-8-20(18)19)10-9-16-13-21(25-2)23(27-4)22(14-16)26-3/h5-14H,1-4H3. The van der Waals surface area contributed by atoms with E-state index in [0.717, 1.165) is 27.5 Å². The Labute approximate surface area is 159 Å². The fourth-order valence-electron chi connectivity index (χ4n) is 3.16. The molecule has 0 aliphatic carbocycles. The van der Waals surface area contributed by atoms with Crippen molar-refractivity contribution in [3.8, 4) is 17.2 Å². The first-order valence-corrected chi connectivity index (χ1v) is 8.59. The smallest absolute Gasteiger partial charge is 0.203 e. The predicted molar refractivity (Wildman–Crippen MR) is 109 cm³/mol. The van der Waals surface area contributed by atoms with Crippen LogP contribution in [0.5, 0.6) is 17.2 Å². The number of ether oxygens (including phenoxy) is 3. The molecular weight excluding hydrogens is 340 g/mol. The summed E-state index contributed by atoms with van der Waals surface area (Å²) in [6, 6.07) is 15.5. The number of hydrogen-bond acceptors (Lipinski definition) is 4. The van der Waals surface area contributed by atoms with Crippen LogP contribution in [-0.4, -0.2) is 27.1 Å². The van der Waals surface area contributed by atoms with Crippen molar-refractivity contribution in [3.63, 3.8) is 0 Å². The third-order valence-electron chi connectivity index (χ3n) is 4.48. The number of carbonyl (C=O) groups excluding carboxylic acids is 1. The third-order valence-corrected chi connectivity index (χ3v) is 4.48. The van der Waals surface area contributed by atoms with Crippen LogP contribution in [0.4, 0.5) is 0 Å². The van der Waals surface area contributed by atoms with Gasteiger partial charge >= 0.3 is 0 Å². The van der Waals surface area contributed by atoms with E-state index in [0.29, 0.717) is 17.2 Å². The van der Waals surface area contributed by atoms with Gasteiger partial charge in [-0.05, 0) is 41.0 Å². The van der Waals surface area contributed by atoms with Gasteiger partial charge in [0.2, 0.25) is 5.75 Å². The van der Waals surface area contributed by atoms with E-state index in [1.54, 1.807) is 28.3 Å². The molecule has 3 aromatic carbocycles. The van der Waals surface area contributed by atoms with Gasteiger partial charge < -0.3 is 14.2 Å². The SMILES string of the molecule is COc1cc(C=Cc2ccc(C(C)=O)c3ccccc23)cc(OC)c1OC. The molecule has 138 valence electrons. The molecule has 0 saturated carbocycles. The van der Waals surface area contributed by atoms with Crippen molar-refractivity contribution in [1.29, 1.82) is 0 Å². The predicted octanol–water partition coefficient (Wildman–Crippen LogP) is 5.24. The second-order valence-electron chi connectivity index (χ2n) is 6.10. The zero-order valence-corrected chi connectivity index (χ0v) is 15.9. The second-order valence-corrected chi connectivity index (χ2v) is 6.10. The topological polar surface area (TPSA) is 44.8 Å². The summed E-state index contributed by atoms with van der Waals surface area (Å²) < 4.78 is 16.2. The van der Waals surface area contributed by atoms with E-state index in [2.05, 4.69) is 0 Å². The molecule has 0 N–H and O–H groups in total. The molecule has 4 heteroatoms. The maximum atomic E-state index is 11.9. The molecule has 0 atom stereocenters. The molecule has 4 nitrogen and oxygen atoms in total. The zero-order valence-electron chi connectivity index (χ0n) is 15.9. The van der Waals surface area contributed by atoms with Crippen molar-refractivity contribution in [2.45, 2.75) is 6.92 Å². The second kappa shape index (κ2) is 7.96. The summed E-state index contributed by atoms with van der Waals surface area (Å²) >= 11 is 0. The lowest BCUT2D eigenvalue weighted by molar-refractivity contribution is 0.101. The lowest BCUT2D eigenvalue weighted by atomic mass is 9.97. The maximum absolute atomic E-state index is 11.9. The molecule has 0 spiro atoms. The van der Waals surface area contributed by atoms with E-state index in [1.807, 2.05) is 60.7 Å². The summed E-state index contributed by atoms with van der Waals surface area (Å²) in [4.78, 5) is 11.9. The van der Waals surface area contributed by atoms with Crippen LogP contribution in [0.1, 0.15) is 28.4 Å². The molecular formula is C23H22O4. The van der Waals surface area contributed by atoms with Crippen LogP contribution in [0.25, 0.3) is 22.9 Å². The van der Waals surface area contributed by atoms with Crippen molar-refractivity contribution in [2.75, 3.05) is 21.3 Å². The Bertz CT molecular complexity index is 993. The summed E-state index contributed by atoms with van der Waals surface area (Å²) in [5, 5.41) is 1.99. The molecule has 0 saturated heterocycles. The van der Waals surface area contributed by atoms with E-state index in [9.17, 15) is 4.79 Å². The van der Waals surface area contributed by atoms with E-state index >= 15 is 0 Å². The number of Topliss-reactive ketones (excluding diaryl/α,β-unsaturated/α-hetero) is 1. The van der Waals surface area contributed by atoms with E-state index in [4.69, 9.17) is 14.2 Å². The lowest BCUT2D eigenvalue weighted by Crippen LogP contribution is -1.95. The molecule has 0 radical (unpaired) electrons. The van der Waals surface area contributed by atoms with E-state index in [-0.39, 0.29) is 5.78 Å². The number of rotatable bonds is 6. The minimum atomic E-state index is 0.0614. The third kappa shape index (κ3) is 3.65. The average Bonchev–Trinajstić information content (AvgIpc) is 2.70. The van der Waals surface area contributed by atoms with E-state index in [1.165, 1.54) is 0 Å². The van der Waals surface area contributed by atoms with Gasteiger partial charge in [0.1, 0.15) is 0 Å². The van der Waals surface area contributed by atoms with E-state index < -0.39 is 0 Å². The summed E-state index contributed by atoms with van der Waals surface area (Å²) in [6.45, 7) is 1.59. The van der Waals surface area contributed by atoms with Crippen molar-refractivity contribution in [3.05, 3.63) is 65.2 Å². The number of fused-ring (bicyclic) bond motifs is 1. The van der Waals surface area contributed by atoms with Crippen molar-refractivity contribution in [1.82, 2.24) is 0 Å². The molecule has 3 rings (SSSR count). The van der Waals surface area contributed by atoms with Gasteiger partial charge in [-0.3, -0.25) is 4.79 Å². The summed E-state index contributed by atoms with van der Waals surface area (Å²) in [6.07, 6.45) is 4.01. The minimum Gasteiger partial charge on any atom is -0.493 e. The largest absolute Gasteiger partial charge is 0.493 e. The Morgan fingerprint density at radius 2 is 1.44 bits per heavy atom. The van der Waals surface area contributed by atoms with Crippen LogP contribution in [0.2, 0.25) is 0 Å². The Balaban J connectivity index is 2.07. The molecule has 3 aromatic rings. The fraction of sp³-hybridized carbons (Fsp3) is 0.174. The minimum absolute atomic E-state index is 0.0614. The molecule has 0 aromatic heterocycles. The lowest BCUT2D eigenvalue weighted by Gasteiger charge is -2.13. The molecule has 0 heterocycles. The number of methoxy groups -OCH3 is 3. The first-order chi connectivity index (χ1) is 13.1. The monoisotopic (exact) mass is 362 g/mol. The first kappa shape index (κ1) is 18.5. The average molecular weight is 362 g/mol. The normalized spacial score (nSPS) is 11.0. The molecule has 0 bridgehead atoms. The van der Waals surface area contributed by atoms with Crippen LogP contribution in [0.15, 0.2) is 48.5 Å². The highest BCUT2D eigenvalue weighted by atomic mass is 16.5. The van der Waals surface area contributed by atoms with Crippen LogP contribution >= 0.6 is 0 Å². The van der Waals surface area contributed by atoms with Gasteiger partial charge in [-0.25, -0.2) is 0 Å². The fourth-order valence-corrected chi connectivity index (χ4v) is 3.16. The summed E-state index contributed by atoms with van der Waals surface area (Å²) in [5.74, 6) is 1.83. The first-order valence-electron chi connectivity index (χ1n) is 8.59. The van der Waals surface area contributed by atoms with Crippen LogP contribution in [0, 0.1) is 0 Å². The maximum Gasteiger partial charge on any atom is 0.203 e. The van der Waals surface area contributed by atoms with Gasteiger partial charge in [-0.2, -0.15) is 0 Å². The van der Waals surface area contributed by atoms with Gasteiger partial charge in [-0.15, -0.1) is 0 Å². The highest BCUT2D eigenvalue weighted by Crippen LogP contribution is 2.38. The molecule has 0 aliphatic heterocycles. The molecule has 27 heavy (non-hydrogen) atoms. The van der Waals surface area contributed by atoms with Crippen LogP contribution in [0.3, 0.4) is 0 Å². The van der Waals surface area contributed by atoms with Gasteiger partial charge in [0, 0.05) is 5.56 Å².